The molecule has 1 aliphatic heterocycles. The summed E-state index contributed by atoms with van der Waals surface area (Å²) in [4.78, 5) is 1.41. The van der Waals surface area contributed by atoms with Crippen LogP contribution in [0.2, 0.25) is 0 Å². The zero-order valence-corrected chi connectivity index (χ0v) is 7.60. The molecule has 5 heteroatoms. The van der Waals surface area contributed by atoms with E-state index < -0.39 is 12.7 Å². The smallest absolute Gasteiger partial charge is 0.380 e. The lowest BCUT2D eigenvalue weighted by molar-refractivity contribution is -0.165. The molecule has 0 aliphatic carbocycles. The largest absolute Gasteiger partial charge is 0.401 e. The van der Waals surface area contributed by atoms with Gasteiger partial charge in [-0.3, -0.25) is 4.90 Å². The van der Waals surface area contributed by atoms with Crippen LogP contribution in [0.1, 0.15) is 13.3 Å². The topological polar surface area (TPSA) is 12.5 Å². The van der Waals surface area contributed by atoms with Gasteiger partial charge in [0.2, 0.25) is 0 Å². The SMILES string of the molecule is CCOCC1CCN1CC(F)(F)F. The molecule has 1 aliphatic rings. The monoisotopic (exact) mass is 197 g/mol. The van der Waals surface area contributed by atoms with E-state index in [-0.39, 0.29) is 6.04 Å². The summed E-state index contributed by atoms with van der Waals surface area (Å²) in [5.74, 6) is 0. The number of hydrogen-bond acceptors (Lipinski definition) is 2. The average Bonchev–Trinajstić information content (AvgIpc) is 1.98. The van der Waals surface area contributed by atoms with Crippen molar-refractivity contribution in [1.29, 1.82) is 0 Å². The van der Waals surface area contributed by atoms with Crippen LogP contribution in [0, 0.1) is 0 Å². The molecule has 0 saturated carbocycles. The summed E-state index contributed by atoms with van der Waals surface area (Å²) in [6.45, 7) is 2.57. The van der Waals surface area contributed by atoms with Crippen molar-refractivity contribution in [2.45, 2.75) is 25.6 Å². The molecule has 2 nitrogen and oxygen atoms in total. The normalized spacial score (nSPS) is 24.5. The highest BCUT2D eigenvalue weighted by molar-refractivity contribution is 4.83. The van der Waals surface area contributed by atoms with Gasteiger partial charge in [-0.1, -0.05) is 0 Å². The summed E-state index contributed by atoms with van der Waals surface area (Å²) >= 11 is 0. The molecule has 1 atom stereocenters. The van der Waals surface area contributed by atoms with Gasteiger partial charge >= 0.3 is 6.18 Å². The molecular weight excluding hydrogens is 183 g/mol. The van der Waals surface area contributed by atoms with Gasteiger partial charge in [-0.15, -0.1) is 0 Å². The number of ether oxygens (including phenoxy) is 1. The van der Waals surface area contributed by atoms with Crippen molar-refractivity contribution >= 4 is 0 Å². The third-order valence-corrected chi connectivity index (χ3v) is 2.16. The zero-order chi connectivity index (χ0) is 9.90. The van der Waals surface area contributed by atoms with E-state index >= 15 is 0 Å². The maximum atomic E-state index is 11.9. The first kappa shape index (κ1) is 10.8. The van der Waals surface area contributed by atoms with Crippen LogP contribution >= 0.6 is 0 Å². The molecule has 0 aromatic carbocycles. The molecule has 1 heterocycles. The van der Waals surface area contributed by atoms with Gasteiger partial charge in [0.05, 0.1) is 13.2 Å². The van der Waals surface area contributed by atoms with Gasteiger partial charge in [-0.2, -0.15) is 13.2 Å². The minimum atomic E-state index is -4.08. The Hall–Kier alpha value is -0.290. The number of hydrogen-bond donors (Lipinski definition) is 0. The molecule has 0 aromatic rings. The summed E-state index contributed by atoms with van der Waals surface area (Å²) in [7, 11) is 0. The second kappa shape index (κ2) is 4.28. The Morgan fingerprint density at radius 3 is 2.54 bits per heavy atom. The second-order valence-electron chi connectivity index (χ2n) is 3.19. The molecule has 0 N–H and O–H groups in total. The van der Waals surface area contributed by atoms with Crippen LogP contribution in [-0.4, -0.2) is 43.4 Å². The lowest BCUT2D eigenvalue weighted by atomic mass is 10.0. The van der Waals surface area contributed by atoms with Crippen LogP contribution in [0.15, 0.2) is 0 Å². The third-order valence-electron chi connectivity index (χ3n) is 2.16. The summed E-state index contributed by atoms with van der Waals surface area (Å²) in [5.41, 5.74) is 0. The molecule has 1 rings (SSSR count). The number of alkyl halides is 3. The van der Waals surface area contributed by atoms with Gasteiger partial charge in [0, 0.05) is 19.2 Å². The highest BCUT2D eigenvalue weighted by atomic mass is 19.4. The summed E-state index contributed by atoms with van der Waals surface area (Å²) in [5, 5.41) is 0. The van der Waals surface area contributed by atoms with Crippen LogP contribution in [0.3, 0.4) is 0 Å². The fourth-order valence-corrected chi connectivity index (χ4v) is 1.38. The predicted octanol–water partition coefficient (Wildman–Crippen LogP) is 1.66. The Bertz CT molecular complexity index is 160. The maximum absolute atomic E-state index is 11.9. The fourth-order valence-electron chi connectivity index (χ4n) is 1.38. The van der Waals surface area contributed by atoms with Crippen molar-refractivity contribution in [3.05, 3.63) is 0 Å². The molecule has 0 spiro atoms. The molecule has 1 unspecified atom stereocenters. The van der Waals surface area contributed by atoms with E-state index in [0.29, 0.717) is 19.8 Å². The quantitative estimate of drug-likeness (QED) is 0.679. The van der Waals surface area contributed by atoms with Crippen molar-refractivity contribution in [2.75, 3.05) is 26.3 Å². The Morgan fingerprint density at radius 2 is 2.15 bits per heavy atom. The summed E-state index contributed by atoms with van der Waals surface area (Å²) in [6.07, 6.45) is -3.26. The van der Waals surface area contributed by atoms with E-state index in [1.54, 1.807) is 0 Å². The van der Waals surface area contributed by atoms with E-state index in [4.69, 9.17) is 4.74 Å². The van der Waals surface area contributed by atoms with Crippen LogP contribution in [0.4, 0.5) is 13.2 Å². The Kier molecular flexibility index (Phi) is 3.55. The highest BCUT2D eigenvalue weighted by Gasteiger charge is 2.38. The summed E-state index contributed by atoms with van der Waals surface area (Å²) < 4.78 is 40.9. The van der Waals surface area contributed by atoms with E-state index in [2.05, 4.69) is 0 Å². The first-order valence-corrected chi connectivity index (χ1v) is 4.41. The van der Waals surface area contributed by atoms with E-state index in [0.717, 1.165) is 6.42 Å². The van der Waals surface area contributed by atoms with Crippen LogP contribution in [-0.2, 0) is 4.74 Å². The average molecular weight is 197 g/mol. The van der Waals surface area contributed by atoms with Crippen molar-refractivity contribution in [2.24, 2.45) is 0 Å². The van der Waals surface area contributed by atoms with Gasteiger partial charge in [0.15, 0.2) is 0 Å². The van der Waals surface area contributed by atoms with Crippen molar-refractivity contribution in [1.82, 2.24) is 4.90 Å². The Labute approximate surface area is 75.7 Å². The fraction of sp³-hybridized carbons (Fsp3) is 1.00. The van der Waals surface area contributed by atoms with Crippen LogP contribution < -0.4 is 0 Å². The zero-order valence-electron chi connectivity index (χ0n) is 7.60. The minimum Gasteiger partial charge on any atom is -0.380 e. The van der Waals surface area contributed by atoms with Gasteiger partial charge < -0.3 is 4.74 Å². The molecular formula is C8H14F3NO. The van der Waals surface area contributed by atoms with Gasteiger partial charge in [0.1, 0.15) is 0 Å². The second-order valence-corrected chi connectivity index (χ2v) is 3.19. The molecule has 13 heavy (non-hydrogen) atoms. The number of likely N-dealkylation sites (tertiary alicyclic amines) is 1. The third kappa shape index (κ3) is 3.52. The molecule has 0 aromatic heterocycles. The molecule has 1 fully saturated rings. The molecule has 78 valence electrons. The van der Waals surface area contributed by atoms with Gasteiger partial charge in [0.25, 0.3) is 0 Å². The minimum absolute atomic E-state index is 0.0263. The molecule has 0 radical (unpaired) electrons. The Balaban J connectivity index is 2.21. The first-order chi connectivity index (χ1) is 6.03. The lowest BCUT2D eigenvalue weighted by Crippen LogP contribution is -2.53. The first-order valence-electron chi connectivity index (χ1n) is 4.41. The Morgan fingerprint density at radius 1 is 1.46 bits per heavy atom. The number of rotatable bonds is 4. The van der Waals surface area contributed by atoms with E-state index in [1.165, 1.54) is 4.90 Å². The standard InChI is InChI=1S/C8H14F3NO/c1-2-13-5-7-3-4-12(7)6-8(9,10)11/h7H,2-6H2,1H3. The van der Waals surface area contributed by atoms with E-state index in [1.807, 2.05) is 6.92 Å². The number of halogens is 3. The number of nitrogens with zero attached hydrogens (tertiary/aromatic N) is 1. The molecule has 0 bridgehead atoms. The highest BCUT2D eigenvalue weighted by Crippen LogP contribution is 2.24. The maximum Gasteiger partial charge on any atom is 0.401 e. The lowest BCUT2D eigenvalue weighted by Gasteiger charge is -2.40. The summed E-state index contributed by atoms with van der Waals surface area (Å²) in [6, 6.07) is -0.0263. The van der Waals surface area contributed by atoms with Crippen LogP contribution in [0.25, 0.3) is 0 Å². The predicted molar refractivity (Wildman–Crippen MR) is 42.5 cm³/mol. The van der Waals surface area contributed by atoms with Crippen molar-refractivity contribution in [3.63, 3.8) is 0 Å². The molecule has 0 amide bonds. The van der Waals surface area contributed by atoms with Crippen molar-refractivity contribution in [3.8, 4) is 0 Å². The van der Waals surface area contributed by atoms with Crippen molar-refractivity contribution < 1.29 is 17.9 Å². The van der Waals surface area contributed by atoms with Gasteiger partial charge in [-0.05, 0) is 13.3 Å². The van der Waals surface area contributed by atoms with Crippen LogP contribution in [0.5, 0.6) is 0 Å². The van der Waals surface area contributed by atoms with Gasteiger partial charge in [-0.25, -0.2) is 0 Å². The molecule has 1 saturated heterocycles. The van der Waals surface area contributed by atoms with E-state index in [9.17, 15) is 13.2 Å².